The summed E-state index contributed by atoms with van der Waals surface area (Å²) < 4.78 is 35.4. The second kappa shape index (κ2) is 10.1. The van der Waals surface area contributed by atoms with Gasteiger partial charge in [0.1, 0.15) is 6.04 Å². The van der Waals surface area contributed by atoms with Crippen LogP contribution >= 0.6 is 0 Å². The van der Waals surface area contributed by atoms with Crippen LogP contribution in [0.15, 0.2) is 54.9 Å². The van der Waals surface area contributed by atoms with Gasteiger partial charge in [-0.05, 0) is 62.3 Å². The van der Waals surface area contributed by atoms with Crippen molar-refractivity contribution >= 4 is 32.9 Å². The van der Waals surface area contributed by atoms with Gasteiger partial charge in [0, 0.05) is 6.54 Å². The van der Waals surface area contributed by atoms with Gasteiger partial charge in [0.2, 0.25) is 0 Å². The maximum absolute atomic E-state index is 13.1. The van der Waals surface area contributed by atoms with E-state index in [9.17, 15) is 13.2 Å². The number of hydrogen-bond acceptors (Lipinski definition) is 5. The number of aryl methyl sites for hydroxylation is 1. The quantitative estimate of drug-likeness (QED) is 0.378. The number of carbonyl (C=O) groups is 1. The Morgan fingerprint density at radius 3 is 2.84 bits per heavy atom. The number of hydrogen-bond donors (Lipinski definition) is 2. The standard InChI is InChI=1S/C23H28N4O4S/c28-23(31-15-7-5-10-18-8-2-1-3-9-18)22-11-4-6-14-27(22)32(29,30)26-19-12-13-20-21(16-19)25-17-24-20/h1-3,8-9,12-13,16-17,22,26H,4-7,10-11,14-15H2,(H,24,25). The Labute approximate surface area is 188 Å². The first-order chi connectivity index (χ1) is 15.5. The smallest absolute Gasteiger partial charge is 0.324 e. The predicted molar refractivity (Wildman–Crippen MR) is 123 cm³/mol. The Morgan fingerprint density at radius 2 is 2.00 bits per heavy atom. The average molecular weight is 457 g/mol. The lowest BCUT2D eigenvalue weighted by Gasteiger charge is -2.33. The number of aromatic amines is 1. The number of piperidine rings is 1. The molecule has 0 aliphatic carbocycles. The van der Waals surface area contributed by atoms with Gasteiger partial charge in [-0.3, -0.25) is 9.52 Å². The third-order valence-electron chi connectivity index (χ3n) is 5.65. The molecular formula is C23H28N4O4S. The van der Waals surface area contributed by atoms with Crippen molar-refractivity contribution in [3.8, 4) is 0 Å². The molecule has 1 aromatic heterocycles. The molecule has 2 heterocycles. The van der Waals surface area contributed by atoms with Gasteiger partial charge < -0.3 is 9.72 Å². The minimum atomic E-state index is -3.91. The molecule has 1 fully saturated rings. The molecule has 9 heteroatoms. The zero-order valence-corrected chi connectivity index (χ0v) is 18.7. The zero-order chi connectivity index (χ0) is 22.4. The molecule has 0 saturated carbocycles. The summed E-state index contributed by atoms with van der Waals surface area (Å²) in [5, 5.41) is 0. The van der Waals surface area contributed by atoms with Crippen LogP contribution in [0.2, 0.25) is 0 Å². The minimum absolute atomic E-state index is 0.287. The fraction of sp³-hybridized carbons (Fsp3) is 0.391. The van der Waals surface area contributed by atoms with Crippen molar-refractivity contribution in [1.82, 2.24) is 14.3 Å². The van der Waals surface area contributed by atoms with E-state index >= 15 is 0 Å². The van der Waals surface area contributed by atoms with Crippen molar-refractivity contribution in [2.75, 3.05) is 17.9 Å². The molecule has 0 spiro atoms. The fourth-order valence-corrected chi connectivity index (χ4v) is 5.42. The van der Waals surface area contributed by atoms with E-state index in [-0.39, 0.29) is 6.54 Å². The van der Waals surface area contributed by atoms with Crippen molar-refractivity contribution in [3.63, 3.8) is 0 Å². The first-order valence-electron chi connectivity index (χ1n) is 11.0. The van der Waals surface area contributed by atoms with Gasteiger partial charge in [0.25, 0.3) is 0 Å². The van der Waals surface area contributed by atoms with Gasteiger partial charge in [-0.1, -0.05) is 30.3 Å². The van der Waals surface area contributed by atoms with Crippen LogP contribution in [0.1, 0.15) is 37.7 Å². The number of carbonyl (C=O) groups excluding carboxylic acids is 1. The van der Waals surface area contributed by atoms with Crippen LogP contribution in [0.25, 0.3) is 11.0 Å². The topological polar surface area (TPSA) is 104 Å². The highest BCUT2D eigenvalue weighted by atomic mass is 32.2. The Kier molecular flexibility index (Phi) is 7.06. The minimum Gasteiger partial charge on any atom is -0.464 e. The maximum atomic E-state index is 13.1. The lowest BCUT2D eigenvalue weighted by Crippen LogP contribution is -2.50. The second-order valence-corrected chi connectivity index (χ2v) is 9.60. The van der Waals surface area contributed by atoms with E-state index in [2.05, 4.69) is 26.8 Å². The Bertz CT molecular complexity index is 1150. The molecule has 32 heavy (non-hydrogen) atoms. The van der Waals surface area contributed by atoms with E-state index in [1.807, 2.05) is 18.2 Å². The van der Waals surface area contributed by atoms with E-state index in [1.54, 1.807) is 24.5 Å². The van der Waals surface area contributed by atoms with Crippen molar-refractivity contribution in [1.29, 1.82) is 0 Å². The van der Waals surface area contributed by atoms with Crippen LogP contribution in [0.5, 0.6) is 0 Å². The molecule has 1 aliphatic heterocycles. The fourth-order valence-electron chi connectivity index (χ4n) is 3.98. The number of benzene rings is 2. The van der Waals surface area contributed by atoms with Crippen molar-refractivity contribution in [2.24, 2.45) is 0 Å². The van der Waals surface area contributed by atoms with Crippen LogP contribution in [0.4, 0.5) is 5.69 Å². The molecule has 8 nitrogen and oxygen atoms in total. The lowest BCUT2D eigenvalue weighted by atomic mass is 10.1. The molecule has 1 saturated heterocycles. The second-order valence-electron chi connectivity index (χ2n) is 7.97. The molecule has 3 aromatic rings. The molecular weight excluding hydrogens is 428 g/mol. The van der Waals surface area contributed by atoms with Gasteiger partial charge in [-0.15, -0.1) is 0 Å². The molecule has 2 N–H and O–H groups in total. The van der Waals surface area contributed by atoms with E-state index in [0.717, 1.165) is 36.7 Å². The first-order valence-corrected chi connectivity index (χ1v) is 12.4. The van der Waals surface area contributed by atoms with Gasteiger partial charge in [0.15, 0.2) is 0 Å². The van der Waals surface area contributed by atoms with Crippen LogP contribution in [-0.4, -0.2) is 47.9 Å². The van der Waals surface area contributed by atoms with Crippen molar-refractivity contribution in [3.05, 3.63) is 60.4 Å². The third kappa shape index (κ3) is 5.46. The number of imidazole rings is 1. The van der Waals surface area contributed by atoms with Crippen LogP contribution in [0, 0.1) is 0 Å². The molecule has 0 bridgehead atoms. The zero-order valence-electron chi connectivity index (χ0n) is 17.9. The number of fused-ring (bicyclic) bond motifs is 1. The summed E-state index contributed by atoms with van der Waals surface area (Å²) in [5.41, 5.74) is 3.15. The lowest BCUT2D eigenvalue weighted by molar-refractivity contribution is -0.149. The number of esters is 1. The summed E-state index contributed by atoms with van der Waals surface area (Å²) in [4.78, 5) is 19.8. The summed E-state index contributed by atoms with van der Waals surface area (Å²) in [7, 11) is -3.91. The maximum Gasteiger partial charge on any atom is 0.324 e. The molecule has 0 amide bonds. The summed E-state index contributed by atoms with van der Waals surface area (Å²) in [6.45, 7) is 0.579. The Morgan fingerprint density at radius 1 is 1.16 bits per heavy atom. The average Bonchev–Trinajstić information content (AvgIpc) is 3.27. The number of nitrogens with zero attached hydrogens (tertiary/aromatic N) is 2. The normalized spacial score (nSPS) is 17.3. The third-order valence-corrected chi connectivity index (χ3v) is 7.20. The molecule has 1 aliphatic rings. The van der Waals surface area contributed by atoms with Gasteiger partial charge >= 0.3 is 16.2 Å². The summed E-state index contributed by atoms with van der Waals surface area (Å²) in [6.07, 6.45) is 6.08. The largest absolute Gasteiger partial charge is 0.464 e. The summed E-state index contributed by atoms with van der Waals surface area (Å²) in [6, 6.07) is 14.4. The number of aromatic nitrogens is 2. The van der Waals surface area contributed by atoms with Crippen molar-refractivity contribution < 1.29 is 17.9 Å². The highest BCUT2D eigenvalue weighted by molar-refractivity contribution is 7.90. The van der Waals surface area contributed by atoms with Crippen LogP contribution < -0.4 is 4.72 Å². The van der Waals surface area contributed by atoms with E-state index in [0.29, 0.717) is 25.1 Å². The monoisotopic (exact) mass is 456 g/mol. The van der Waals surface area contributed by atoms with E-state index < -0.39 is 22.2 Å². The molecule has 2 aromatic carbocycles. The van der Waals surface area contributed by atoms with Crippen LogP contribution in [-0.2, 0) is 26.2 Å². The Balaban J connectivity index is 1.33. The summed E-state index contributed by atoms with van der Waals surface area (Å²) in [5.74, 6) is -0.473. The highest BCUT2D eigenvalue weighted by Gasteiger charge is 2.37. The molecule has 1 unspecified atom stereocenters. The van der Waals surface area contributed by atoms with Gasteiger partial charge in [-0.2, -0.15) is 12.7 Å². The number of rotatable bonds is 9. The number of unbranched alkanes of at least 4 members (excludes halogenated alkanes) is 1. The number of anilines is 1. The number of H-pyrrole nitrogens is 1. The molecule has 4 rings (SSSR count). The molecule has 1 atom stereocenters. The van der Waals surface area contributed by atoms with Gasteiger partial charge in [-0.25, -0.2) is 4.98 Å². The van der Waals surface area contributed by atoms with Gasteiger partial charge in [0.05, 0.1) is 29.7 Å². The highest BCUT2D eigenvalue weighted by Crippen LogP contribution is 2.24. The van der Waals surface area contributed by atoms with E-state index in [4.69, 9.17) is 4.74 Å². The molecule has 0 radical (unpaired) electrons. The summed E-state index contributed by atoms with van der Waals surface area (Å²) >= 11 is 0. The predicted octanol–water partition coefficient (Wildman–Crippen LogP) is 3.64. The first kappa shape index (κ1) is 22.3. The SMILES string of the molecule is O=C(OCCCCc1ccccc1)C1CCCCN1S(=O)(=O)Nc1ccc2nc[nH]c2c1. The number of nitrogens with one attached hydrogen (secondary N) is 2. The molecule has 170 valence electrons. The van der Waals surface area contributed by atoms with Crippen LogP contribution in [0.3, 0.4) is 0 Å². The van der Waals surface area contributed by atoms with Crippen molar-refractivity contribution in [2.45, 2.75) is 44.6 Å². The number of ether oxygens (including phenoxy) is 1. The Hall–Kier alpha value is -2.91. The van der Waals surface area contributed by atoms with E-state index in [1.165, 1.54) is 9.87 Å².